The van der Waals surface area contributed by atoms with E-state index in [0.717, 1.165) is 39.0 Å². The van der Waals surface area contributed by atoms with Crippen LogP contribution >= 0.6 is 0 Å². The van der Waals surface area contributed by atoms with Crippen molar-refractivity contribution in [1.82, 2.24) is 54.8 Å². The second-order valence-corrected chi connectivity index (χ2v) is 18.8. The number of amides is 5. The van der Waals surface area contributed by atoms with Crippen molar-refractivity contribution >= 4 is 40.6 Å². The van der Waals surface area contributed by atoms with E-state index in [1.807, 2.05) is 32.9 Å². The van der Waals surface area contributed by atoms with Crippen molar-refractivity contribution in [3.05, 3.63) is 66.3 Å². The molecule has 3 aromatic heterocycles. The molecule has 0 spiro atoms. The number of methoxy groups -OCH3 is 1. The highest BCUT2D eigenvalue weighted by Gasteiger charge is 2.39. The number of carbonyl (C=O) groups excluding carboxylic acids is 5. The number of aryl methyl sites for hydroxylation is 2. The molecule has 0 radical (unpaired) electrons. The van der Waals surface area contributed by atoms with Crippen molar-refractivity contribution in [2.24, 2.45) is 18.4 Å². The first kappa shape index (κ1) is 47.8. The molecular formula is C48H65N11O7. The van der Waals surface area contributed by atoms with Gasteiger partial charge in [-0.1, -0.05) is 34.3 Å². The SMILES string of the molecule is C=CC(=O)N1CCCN(C(=O)N(C)[C@H](C(=O)NC2Cc3nc(n(C)n3)-c3ccc4c(c3)c(c(-c3cccnc3[C@H](C)OC)n4CC)CC(C)(C)COC(=O)[C@@H]3CCCN(N3)C2=O)C(C)C)C1. The summed E-state index contributed by atoms with van der Waals surface area (Å²) in [5, 5.41) is 10.1. The molecule has 18 heteroatoms. The van der Waals surface area contributed by atoms with Gasteiger partial charge in [0.15, 0.2) is 11.6 Å². The van der Waals surface area contributed by atoms with Crippen LogP contribution in [-0.2, 0) is 55.1 Å². The number of benzene rings is 1. The zero-order chi connectivity index (χ0) is 47.6. The molecule has 0 saturated carbocycles. The lowest BCUT2D eigenvalue weighted by Gasteiger charge is -2.40. The van der Waals surface area contributed by atoms with Crippen LogP contribution in [0.5, 0.6) is 0 Å². The van der Waals surface area contributed by atoms with Gasteiger partial charge in [-0.3, -0.25) is 29.2 Å². The maximum absolute atomic E-state index is 14.7. The van der Waals surface area contributed by atoms with E-state index in [2.05, 4.69) is 60.9 Å². The lowest BCUT2D eigenvalue weighted by atomic mass is 9.84. The zero-order valence-corrected chi connectivity index (χ0v) is 39.8. The van der Waals surface area contributed by atoms with Crippen LogP contribution in [0, 0.1) is 11.3 Å². The number of nitrogens with zero attached hydrogens (tertiary/aromatic N) is 9. The number of aromatic nitrogens is 5. The number of hydrogen-bond acceptors (Lipinski definition) is 11. The largest absolute Gasteiger partial charge is 0.464 e. The van der Waals surface area contributed by atoms with Crippen molar-refractivity contribution < 1.29 is 33.4 Å². The molecule has 7 rings (SSSR count). The van der Waals surface area contributed by atoms with Gasteiger partial charge in [0, 0.05) is 87.4 Å². The number of fused-ring (bicyclic) bond motifs is 6. The maximum atomic E-state index is 14.7. The van der Waals surface area contributed by atoms with Gasteiger partial charge in [-0.15, -0.1) is 0 Å². The molecular weight excluding hydrogens is 843 g/mol. The molecule has 2 saturated heterocycles. The van der Waals surface area contributed by atoms with Crippen LogP contribution in [0.3, 0.4) is 0 Å². The normalized spacial score (nSPS) is 20.1. The Morgan fingerprint density at radius 2 is 1.86 bits per heavy atom. The van der Waals surface area contributed by atoms with Gasteiger partial charge < -0.3 is 34.1 Å². The number of ether oxygens (including phenoxy) is 2. The summed E-state index contributed by atoms with van der Waals surface area (Å²) in [5.41, 5.74) is 8.24. The van der Waals surface area contributed by atoms with E-state index in [1.54, 1.807) is 32.1 Å². The number of hydrogen-bond donors (Lipinski definition) is 2. The third kappa shape index (κ3) is 9.70. The van der Waals surface area contributed by atoms with Gasteiger partial charge in [-0.2, -0.15) is 5.10 Å². The van der Waals surface area contributed by atoms with Crippen LogP contribution in [0.15, 0.2) is 49.2 Å². The zero-order valence-electron chi connectivity index (χ0n) is 39.8. The van der Waals surface area contributed by atoms with Gasteiger partial charge in [0.25, 0.3) is 5.91 Å². The van der Waals surface area contributed by atoms with Gasteiger partial charge in [0.1, 0.15) is 18.1 Å². The number of esters is 1. The monoisotopic (exact) mass is 908 g/mol. The molecule has 6 bridgehead atoms. The number of likely N-dealkylation sites (N-methyl/N-ethyl adjacent to an activating group) is 1. The molecule has 2 fully saturated rings. The quantitative estimate of drug-likeness (QED) is 0.176. The molecule has 1 aromatic carbocycles. The Kier molecular flexibility index (Phi) is 14.3. The average Bonchev–Trinajstić information content (AvgIpc) is 3.83. The molecule has 2 N–H and O–H groups in total. The summed E-state index contributed by atoms with van der Waals surface area (Å²) in [7, 11) is 5.03. The van der Waals surface area contributed by atoms with Crippen LogP contribution in [0.2, 0.25) is 0 Å². The topological polar surface area (TPSA) is 189 Å². The average molecular weight is 908 g/mol. The Hall–Kier alpha value is -6.14. The summed E-state index contributed by atoms with van der Waals surface area (Å²) in [6.45, 7) is 17.5. The predicted octanol–water partition coefficient (Wildman–Crippen LogP) is 4.63. The molecule has 3 aliphatic heterocycles. The third-order valence-electron chi connectivity index (χ3n) is 13.0. The van der Waals surface area contributed by atoms with Gasteiger partial charge in [0.05, 0.1) is 30.8 Å². The van der Waals surface area contributed by atoms with Crippen molar-refractivity contribution in [2.45, 2.75) is 104 Å². The second-order valence-electron chi connectivity index (χ2n) is 18.8. The molecule has 1 unspecified atom stereocenters. The third-order valence-corrected chi connectivity index (χ3v) is 13.0. The van der Waals surface area contributed by atoms with Crippen molar-refractivity contribution in [3.8, 4) is 22.6 Å². The predicted molar refractivity (Wildman–Crippen MR) is 248 cm³/mol. The number of carbonyl (C=O) groups is 5. The fourth-order valence-electron chi connectivity index (χ4n) is 9.58. The molecule has 66 heavy (non-hydrogen) atoms. The van der Waals surface area contributed by atoms with E-state index in [0.29, 0.717) is 57.0 Å². The van der Waals surface area contributed by atoms with Crippen molar-refractivity contribution in [2.75, 3.05) is 47.1 Å². The van der Waals surface area contributed by atoms with E-state index in [9.17, 15) is 24.0 Å². The highest BCUT2D eigenvalue weighted by Crippen LogP contribution is 2.41. The molecule has 3 aliphatic rings. The van der Waals surface area contributed by atoms with Gasteiger partial charge in [-0.05, 0) is 87.4 Å². The lowest BCUT2D eigenvalue weighted by Crippen LogP contribution is -2.63. The van der Waals surface area contributed by atoms with Crippen LogP contribution in [0.25, 0.3) is 33.5 Å². The van der Waals surface area contributed by atoms with Crippen LogP contribution in [0.1, 0.15) is 84.0 Å². The smallest absolute Gasteiger partial charge is 0.324 e. The fraction of sp³-hybridized carbons (Fsp3) is 0.542. The number of hydrazine groups is 1. The van der Waals surface area contributed by atoms with E-state index >= 15 is 0 Å². The lowest BCUT2D eigenvalue weighted by molar-refractivity contribution is -0.155. The first-order valence-electron chi connectivity index (χ1n) is 23.0. The summed E-state index contributed by atoms with van der Waals surface area (Å²) < 4.78 is 15.9. The molecule has 354 valence electrons. The minimum absolute atomic E-state index is 0.0654. The first-order chi connectivity index (χ1) is 31.5. The molecule has 4 aromatic rings. The minimum atomic E-state index is -1.19. The Labute approximate surface area is 386 Å². The Bertz CT molecular complexity index is 2490. The number of pyridine rings is 1. The summed E-state index contributed by atoms with van der Waals surface area (Å²) in [4.78, 5) is 83.7. The van der Waals surface area contributed by atoms with E-state index in [4.69, 9.17) is 24.5 Å². The molecule has 4 atom stereocenters. The molecule has 5 amide bonds. The molecule has 6 heterocycles. The van der Waals surface area contributed by atoms with Crippen molar-refractivity contribution in [3.63, 3.8) is 0 Å². The molecule has 0 aliphatic carbocycles. The number of urea groups is 1. The number of nitrogens with one attached hydrogen (secondary N) is 2. The van der Waals surface area contributed by atoms with Gasteiger partial charge >= 0.3 is 12.0 Å². The summed E-state index contributed by atoms with van der Waals surface area (Å²) in [5.74, 6) is -1.28. The van der Waals surface area contributed by atoms with E-state index in [-0.39, 0.29) is 44.2 Å². The first-order valence-corrected chi connectivity index (χ1v) is 23.0. The minimum Gasteiger partial charge on any atom is -0.464 e. The standard InChI is InChI=1S/C48H65N11O7/c1-11-39(60)56-21-15-22-57(28-56)47(64)54(8)41(29(3)4)44(61)50-36-25-38-51-43(55(9)53-38)31-18-19-37-33(24-31)34(42(58(37)12-2)32-16-13-20-49-40(32)30(5)65-10)26-48(6,7)27-66-46(63)35-17-14-23-59(52-35)45(36)62/h11,13,16,18-20,24,29-30,35-36,41,52H,1,12,14-15,17,21-23,25-28H2,2-10H3,(H,50,61)/t30-,35-,36?,41-/m0/s1. The highest BCUT2D eigenvalue weighted by atomic mass is 16.5. The van der Waals surface area contributed by atoms with Crippen LogP contribution < -0.4 is 10.7 Å². The molecule has 18 nitrogen and oxygen atoms in total. The van der Waals surface area contributed by atoms with Crippen molar-refractivity contribution in [1.29, 1.82) is 0 Å². The van der Waals surface area contributed by atoms with Gasteiger partial charge in [0.2, 0.25) is 11.8 Å². The Balaban J connectivity index is 1.29. The fourth-order valence-corrected chi connectivity index (χ4v) is 9.58. The number of rotatable bonds is 9. The Morgan fingerprint density at radius 3 is 2.58 bits per heavy atom. The number of cyclic esters (lactones) is 1. The van der Waals surface area contributed by atoms with E-state index in [1.165, 1.54) is 25.8 Å². The second kappa shape index (κ2) is 19.8. The maximum Gasteiger partial charge on any atom is 0.324 e. The van der Waals surface area contributed by atoms with Gasteiger partial charge in [-0.25, -0.2) is 19.9 Å². The van der Waals surface area contributed by atoms with E-state index < -0.39 is 47.4 Å². The van der Waals surface area contributed by atoms with Crippen LogP contribution in [-0.4, -0.2) is 139 Å². The van der Waals surface area contributed by atoms with Crippen LogP contribution in [0.4, 0.5) is 4.79 Å². The summed E-state index contributed by atoms with van der Waals surface area (Å²) in [6, 6.07) is 6.82. The summed E-state index contributed by atoms with van der Waals surface area (Å²) >= 11 is 0. The highest BCUT2D eigenvalue weighted by molar-refractivity contribution is 5.95. The Morgan fingerprint density at radius 1 is 1.11 bits per heavy atom. The summed E-state index contributed by atoms with van der Waals surface area (Å²) in [6.07, 6.45) is 4.71.